The van der Waals surface area contributed by atoms with E-state index in [1.54, 1.807) is 24.3 Å². The molecular formula is C24H22N2O2. The Hall–Kier alpha value is -3.40. The van der Waals surface area contributed by atoms with Crippen molar-refractivity contribution in [2.45, 2.75) is 19.4 Å². The Balaban J connectivity index is 1.52. The summed E-state index contributed by atoms with van der Waals surface area (Å²) in [6.07, 6.45) is 0.937. The van der Waals surface area contributed by atoms with Gasteiger partial charge in [-0.1, -0.05) is 60.7 Å². The lowest BCUT2D eigenvalue weighted by atomic mass is 10.0. The van der Waals surface area contributed by atoms with Crippen molar-refractivity contribution in [3.8, 4) is 0 Å². The zero-order valence-corrected chi connectivity index (χ0v) is 15.8. The molecule has 0 radical (unpaired) electrons. The van der Waals surface area contributed by atoms with Gasteiger partial charge in [-0.15, -0.1) is 0 Å². The number of nitrogens with one attached hydrogen (secondary N) is 1. The Bertz CT molecular complexity index is 1010. The number of carbonyl (C=O) groups excluding carboxylic acids is 2. The van der Waals surface area contributed by atoms with Crippen molar-refractivity contribution in [2.75, 3.05) is 16.8 Å². The largest absolute Gasteiger partial charge is 0.359 e. The number of carbonyl (C=O) groups is 2. The van der Waals surface area contributed by atoms with Crippen molar-refractivity contribution < 1.29 is 9.59 Å². The van der Waals surface area contributed by atoms with Gasteiger partial charge in [0.25, 0.3) is 0 Å². The minimum Gasteiger partial charge on any atom is -0.359 e. The fraction of sp³-hybridized carbons (Fsp3) is 0.167. The predicted octanol–water partition coefficient (Wildman–Crippen LogP) is 4.31. The first-order valence-electron chi connectivity index (χ1n) is 9.46. The van der Waals surface area contributed by atoms with Crippen LogP contribution in [0, 0.1) is 0 Å². The van der Waals surface area contributed by atoms with Crippen molar-refractivity contribution in [3.05, 3.63) is 95.6 Å². The van der Waals surface area contributed by atoms with Gasteiger partial charge < -0.3 is 10.2 Å². The molecule has 4 heteroatoms. The summed E-state index contributed by atoms with van der Waals surface area (Å²) in [6, 6.07) is 24.7. The Kier molecular flexibility index (Phi) is 4.94. The van der Waals surface area contributed by atoms with Gasteiger partial charge in [0.15, 0.2) is 5.78 Å². The van der Waals surface area contributed by atoms with Crippen LogP contribution in [0.3, 0.4) is 0 Å². The lowest BCUT2D eigenvalue weighted by molar-refractivity contribution is -0.115. The molecule has 1 heterocycles. The third-order valence-corrected chi connectivity index (χ3v) is 5.14. The average molecular weight is 370 g/mol. The smallest absolute Gasteiger partial charge is 0.243 e. The maximum Gasteiger partial charge on any atom is 0.243 e. The molecule has 0 saturated heterocycles. The van der Waals surface area contributed by atoms with Gasteiger partial charge in [0.2, 0.25) is 5.91 Å². The van der Waals surface area contributed by atoms with E-state index in [4.69, 9.17) is 0 Å². The highest BCUT2D eigenvalue weighted by Gasteiger charge is 2.27. The van der Waals surface area contributed by atoms with E-state index in [-0.39, 0.29) is 24.3 Å². The number of anilines is 2. The first-order chi connectivity index (χ1) is 13.6. The lowest BCUT2D eigenvalue weighted by Gasteiger charge is -2.24. The predicted molar refractivity (Wildman–Crippen MR) is 112 cm³/mol. The van der Waals surface area contributed by atoms with Gasteiger partial charge in [-0.3, -0.25) is 9.59 Å². The summed E-state index contributed by atoms with van der Waals surface area (Å²) >= 11 is 0. The van der Waals surface area contributed by atoms with Crippen LogP contribution in [0.2, 0.25) is 0 Å². The zero-order valence-electron chi connectivity index (χ0n) is 15.8. The topological polar surface area (TPSA) is 49.4 Å². The molecule has 3 aromatic rings. The van der Waals surface area contributed by atoms with Crippen LogP contribution in [0.4, 0.5) is 11.4 Å². The summed E-state index contributed by atoms with van der Waals surface area (Å²) in [7, 11) is 0. The number of benzene rings is 3. The molecule has 4 nitrogen and oxygen atoms in total. The van der Waals surface area contributed by atoms with Gasteiger partial charge in [-0.05, 0) is 37.1 Å². The highest BCUT2D eigenvalue weighted by Crippen LogP contribution is 2.31. The van der Waals surface area contributed by atoms with Crippen LogP contribution in [0.15, 0.2) is 78.9 Å². The Morgan fingerprint density at radius 1 is 0.929 bits per heavy atom. The zero-order chi connectivity index (χ0) is 19.5. The van der Waals surface area contributed by atoms with Crippen molar-refractivity contribution >= 4 is 23.1 Å². The summed E-state index contributed by atoms with van der Waals surface area (Å²) in [5.41, 5.74) is 4.02. The second-order valence-electron chi connectivity index (χ2n) is 7.10. The van der Waals surface area contributed by atoms with Crippen LogP contribution in [-0.2, 0) is 11.2 Å². The van der Waals surface area contributed by atoms with E-state index in [2.05, 4.69) is 29.3 Å². The number of hydrogen-bond donors (Lipinski definition) is 1. The maximum absolute atomic E-state index is 12.8. The van der Waals surface area contributed by atoms with E-state index in [9.17, 15) is 9.59 Å². The van der Waals surface area contributed by atoms with E-state index in [0.717, 1.165) is 12.1 Å². The third kappa shape index (κ3) is 3.54. The number of hydrogen-bond acceptors (Lipinski definition) is 3. The molecule has 1 N–H and O–H groups in total. The van der Waals surface area contributed by atoms with Crippen molar-refractivity contribution in [2.24, 2.45) is 0 Å². The Morgan fingerprint density at radius 2 is 1.61 bits per heavy atom. The molecule has 1 atom stereocenters. The van der Waals surface area contributed by atoms with Crippen molar-refractivity contribution in [3.63, 3.8) is 0 Å². The Morgan fingerprint density at radius 3 is 2.43 bits per heavy atom. The molecule has 0 saturated carbocycles. The second-order valence-corrected chi connectivity index (χ2v) is 7.10. The van der Waals surface area contributed by atoms with Crippen LogP contribution in [-0.4, -0.2) is 24.3 Å². The molecule has 140 valence electrons. The molecule has 0 aromatic heterocycles. The second kappa shape index (κ2) is 7.69. The fourth-order valence-corrected chi connectivity index (χ4v) is 3.75. The Labute approximate surface area is 164 Å². The molecule has 0 unspecified atom stereocenters. The van der Waals surface area contributed by atoms with Gasteiger partial charge in [0.1, 0.15) is 0 Å². The van der Waals surface area contributed by atoms with Crippen molar-refractivity contribution in [1.29, 1.82) is 0 Å². The molecule has 3 aromatic carbocycles. The molecular weight excluding hydrogens is 348 g/mol. The lowest BCUT2D eigenvalue weighted by Crippen LogP contribution is -2.37. The molecule has 1 amide bonds. The number of fused-ring (bicyclic) bond motifs is 1. The molecule has 1 aliphatic heterocycles. The van der Waals surface area contributed by atoms with E-state index in [0.29, 0.717) is 16.8 Å². The van der Waals surface area contributed by atoms with Crippen LogP contribution < -0.4 is 10.2 Å². The average Bonchev–Trinajstić information content (AvgIpc) is 3.04. The first-order valence-corrected chi connectivity index (χ1v) is 9.46. The molecule has 1 aliphatic rings. The van der Waals surface area contributed by atoms with Gasteiger partial charge in [-0.25, -0.2) is 0 Å². The number of ketones is 1. The SMILES string of the molecule is C[C@@H]1Cc2ccccc2N1CC(=O)Nc1ccccc1C(=O)c1ccccc1. The standard InChI is InChI=1S/C24H22N2O2/c1-17-15-19-11-5-8-14-22(19)26(17)16-23(27)25-21-13-7-6-12-20(21)24(28)18-9-3-2-4-10-18/h2-14,17H,15-16H2,1H3,(H,25,27)/t17-/m1/s1. The summed E-state index contributed by atoms with van der Waals surface area (Å²) in [6.45, 7) is 2.38. The van der Waals surface area contributed by atoms with Crippen LogP contribution in [0.5, 0.6) is 0 Å². The van der Waals surface area contributed by atoms with Gasteiger partial charge >= 0.3 is 0 Å². The number of amides is 1. The van der Waals surface area contributed by atoms with E-state index in [1.165, 1.54) is 5.56 Å². The first kappa shape index (κ1) is 18.0. The van der Waals surface area contributed by atoms with Crippen LogP contribution >= 0.6 is 0 Å². The fourth-order valence-electron chi connectivity index (χ4n) is 3.75. The summed E-state index contributed by atoms with van der Waals surface area (Å²) in [5, 5.41) is 2.94. The minimum absolute atomic E-state index is 0.101. The van der Waals surface area contributed by atoms with Gasteiger partial charge in [-0.2, -0.15) is 0 Å². The van der Waals surface area contributed by atoms with Crippen LogP contribution in [0.1, 0.15) is 28.4 Å². The molecule has 28 heavy (non-hydrogen) atoms. The van der Waals surface area contributed by atoms with Crippen molar-refractivity contribution in [1.82, 2.24) is 0 Å². The summed E-state index contributed by atoms with van der Waals surface area (Å²) in [5.74, 6) is -0.228. The maximum atomic E-state index is 12.8. The van der Waals surface area contributed by atoms with E-state index < -0.39 is 0 Å². The van der Waals surface area contributed by atoms with E-state index >= 15 is 0 Å². The highest BCUT2D eigenvalue weighted by molar-refractivity contribution is 6.14. The highest BCUT2D eigenvalue weighted by atomic mass is 16.2. The molecule has 0 bridgehead atoms. The summed E-state index contributed by atoms with van der Waals surface area (Å²) < 4.78 is 0. The summed E-state index contributed by atoms with van der Waals surface area (Å²) in [4.78, 5) is 27.7. The minimum atomic E-state index is -0.128. The number of nitrogens with zero attached hydrogens (tertiary/aromatic N) is 1. The molecule has 0 spiro atoms. The molecule has 4 rings (SSSR count). The van der Waals surface area contributed by atoms with Crippen LogP contribution in [0.25, 0.3) is 0 Å². The monoisotopic (exact) mass is 370 g/mol. The quantitative estimate of drug-likeness (QED) is 0.681. The number of rotatable bonds is 5. The van der Waals surface area contributed by atoms with E-state index in [1.807, 2.05) is 42.5 Å². The molecule has 0 aliphatic carbocycles. The third-order valence-electron chi connectivity index (χ3n) is 5.14. The number of para-hydroxylation sites is 2. The van der Waals surface area contributed by atoms with Gasteiger partial charge in [0.05, 0.1) is 12.2 Å². The normalized spacial score (nSPS) is 15.2. The molecule has 0 fully saturated rings. The van der Waals surface area contributed by atoms with Gasteiger partial charge in [0, 0.05) is 22.9 Å².